The van der Waals surface area contributed by atoms with Crippen molar-refractivity contribution in [2.45, 2.75) is 124 Å². The lowest BCUT2D eigenvalue weighted by atomic mass is 9.47. The number of aliphatic hydroxyl groups excluding tert-OH is 1. The number of hydrogen-bond donors (Lipinski definition) is 1. The molecule has 0 radical (unpaired) electrons. The van der Waals surface area contributed by atoms with Crippen molar-refractivity contribution in [3.8, 4) is 0 Å². The van der Waals surface area contributed by atoms with Crippen molar-refractivity contribution in [3.63, 3.8) is 0 Å². The van der Waals surface area contributed by atoms with Gasteiger partial charge in [0.25, 0.3) is 0 Å². The summed E-state index contributed by atoms with van der Waals surface area (Å²) in [7, 11) is 0. The first-order valence-corrected chi connectivity index (χ1v) is 14.7. The summed E-state index contributed by atoms with van der Waals surface area (Å²) >= 11 is 0. The van der Waals surface area contributed by atoms with Gasteiger partial charge in [-0.2, -0.15) is 0 Å². The average molecular weight is 459 g/mol. The zero-order valence-corrected chi connectivity index (χ0v) is 22.6. The maximum absolute atomic E-state index is 9.02. The molecular formula is C31H54O2. The second-order valence-corrected chi connectivity index (χ2v) is 13.5. The summed E-state index contributed by atoms with van der Waals surface area (Å²) < 4.78 is 6.24. The Balaban J connectivity index is 1.40. The van der Waals surface area contributed by atoms with Gasteiger partial charge in [-0.15, -0.1) is 0 Å². The van der Waals surface area contributed by atoms with Crippen LogP contribution >= 0.6 is 0 Å². The normalized spacial score (nSPS) is 41.3. The molecule has 2 heteroatoms. The number of unbranched alkanes of at least 4 members (excludes halogenated alkanes) is 1. The van der Waals surface area contributed by atoms with Crippen LogP contribution in [0.4, 0.5) is 0 Å². The minimum atomic E-state index is 0.290. The summed E-state index contributed by atoms with van der Waals surface area (Å²) in [5, 5.41) is 9.02. The Morgan fingerprint density at radius 2 is 1.79 bits per heavy atom. The van der Waals surface area contributed by atoms with Gasteiger partial charge in [-0.05, 0) is 111 Å². The molecule has 0 spiro atoms. The Hall–Kier alpha value is -0.340. The standard InChI is InChI=1S/C31H54O2/c1-22(2)9-8-10-23(3)27-13-14-28-26-12-11-24-21-25(33-20-7-6-19-32)15-17-30(24,4)29(26)16-18-31(27,28)5/h11,22-23,25-29,32H,6-10,12-21H2,1-5H3/t23?,25-,26?,27+,28?,29?,30-,31+/m0/s1. The van der Waals surface area contributed by atoms with Crippen LogP contribution in [0.15, 0.2) is 11.6 Å². The van der Waals surface area contributed by atoms with Gasteiger partial charge in [-0.25, -0.2) is 0 Å². The molecule has 0 aromatic rings. The number of allylic oxidation sites excluding steroid dienone is 1. The summed E-state index contributed by atoms with van der Waals surface area (Å²) in [6.07, 6.45) is 20.2. The second-order valence-electron chi connectivity index (χ2n) is 13.5. The molecule has 0 aliphatic heterocycles. The maximum Gasteiger partial charge on any atom is 0.0612 e. The quantitative estimate of drug-likeness (QED) is 0.264. The van der Waals surface area contributed by atoms with Crippen molar-refractivity contribution in [3.05, 3.63) is 11.6 Å². The number of aliphatic hydroxyl groups is 1. The van der Waals surface area contributed by atoms with E-state index in [9.17, 15) is 0 Å². The zero-order chi connectivity index (χ0) is 23.6. The van der Waals surface area contributed by atoms with Gasteiger partial charge in [0.15, 0.2) is 0 Å². The third kappa shape index (κ3) is 5.13. The Morgan fingerprint density at radius 1 is 0.970 bits per heavy atom. The van der Waals surface area contributed by atoms with E-state index in [0.717, 1.165) is 61.4 Å². The molecule has 4 aliphatic carbocycles. The first kappa shape index (κ1) is 25.7. The van der Waals surface area contributed by atoms with Crippen LogP contribution in [0.25, 0.3) is 0 Å². The SMILES string of the molecule is CC(C)CCCC(C)[C@H]1CCC2C3CC=C4C[C@@H](OCCCCO)CC[C@]4(C)C3CC[C@@]21C. The number of rotatable bonds is 10. The predicted molar refractivity (Wildman–Crippen MR) is 139 cm³/mol. The molecule has 2 nitrogen and oxygen atoms in total. The van der Waals surface area contributed by atoms with Gasteiger partial charge >= 0.3 is 0 Å². The summed E-state index contributed by atoms with van der Waals surface area (Å²) in [5.41, 5.74) is 2.76. The lowest BCUT2D eigenvalue weighted by molar-refractivity contribution is -0.0642. The fraction of sp³-hybridized carbons (Fsp3) is 0.935. The first-order chi connectivity index (χ1) is 15.8. The van der Waals surface area contributed by atoms with E-state index in [1.165, 1.54) is 64.2 Å². The number of fused-ring (bicyclic) bond motifs is 5. The Labute approximate surface area is 205 Å². The van der Waals surface area contributed by atoms with Crippen LogP contribution in [-0.4, -0.2) is 24.4 Å². The summed E-state index contributed by atoms with van der Waals surface area (Å²) in [4.78, 5) is 0. The molecule has 0 aromatic heterocycles. The molecule has 190 valence electrons. The molecule has 0 amide bonds. The molecule has 4 unspecified atom stereocenters. The molecule has 0 heterocycles. The summed E-state index contributed by atoms with van der Waals surface area (Å²) in [6, 6.07) is 0. The lowest BCUT2D eigenvalue weighted by Gasteiger charge is -2.58. The van der Waals surface area contributed by atoms with Gasteiger partial charge in [0.05, 0.1) is 6.10 Å². The molecule has 4 rings (SSSR count). The highest BCUT2D eigenvalue weighted by Gasteiger charge is 2.59. The average Bonchev–Trinajstić information content (AvgIpc) is 3.14. The molecule has 3 fully saturated rings. The van der Waals surface area contributed by atoms with Crippen LogP contribution in [0, 0.1) is 46.3 Å². The minimum Gasteiger partial charge on any atom is -0.396 e. The van der Waals surface area contributed by atoms with E-state index >= 15 is 0 Å². The fourth-order valence-corrected chi connectivity index (χ4v) is 9.26. The number of hydrogen-bond acceptors (Lipinski definition) is 2. The smallest absolute Gasteiger partial charge is 0.0612 e. The molecule has 1 N–H and O–H groups in total. The van der Waals surface area contributed by atoms with Gasteiger partial charge in [0, 0.05) is 13.2 Å². The lowest BCUT2D eigenvalue weighted by Crippen LogP contribution is -2.51. The third-order valence-corrected chi connectivity index (χ3v) is 11.2. The molecule has 0 bridgehead atoms. The van der Waals surface area contributed by atoms with E-state index in [0.29, 0.717) is 16.9 Å². The molecule has 3 saturated carbocycles. The molecule has 0 aromatic carbocycles. The van der Waals surface area contributed by atoms with Gasteiger partial charge in [0.2, 0.25) is 0 Å². The van der Waals surface area contributed by atoms with Crippen molar-refractivity contribution in [2.75, 3.05) is 13.2 Å². The predicted octanol–water partition coefficient (Wildman–Crippen LogP) is 8.19. The summed E-state index contributed by atoms with van der Waals surface area (Å²) in [6.45, 7) is 13.8. The minimum absolute atomic E-state index is 0.290. The molecule has 8 atom stereocenters. The van der Waals surface area contributed by atoms with Crippen LogP contribution in [0.3, 0.4) is 0 Å². The highest BCUT2D eigenvalue weighted by Crippen LogP contribution is 2.67. The van der Waals surface area contributed by atoms with Crippen LogP contribution < -0.4 is 0 Å². The molecule has 0 saturated heterocycles. The highest BCUT2D eigenvalue weighted by atomic mass is 16.5. The van der Waals surface area contributed by atoms with Gasteiger partial charge in [0.1, 0.15) is 0 Å². The summed E-state index contributed by atoms with van der Waals surface area (Å²) in [5.74, 6) is 5.49. The van der Waals surface area contributed by atoms with E-state index in [2.05, 4.69) is 40.7 Å². The monoisotopic (exact) mass is 458 g/mol. The number of ether oxygens (including phenoxy) is 1. The van der Waals surface area contributed by atoms with Crippen LogP contribution in [-0.2, 0) is 4.74 Å². The Bertz CT molecular complexity index is 668. The van der Waals surface area contributed by atoms with Gasteiger partial charge in [-0.3, -0.25) is 0 Å². The molecular weight excluding hydrogens is 404 g/mol. The van der Waals surface area contributed by atoms with Crippen molar-refractivity contribution in [2.24, 2.45) is 46.3 Å². The second kappa shape index (κ2) is 10.7. The molecule has 33 heavy (non-hydrogen) atoms. The van der Waals surface area contributed by atoms with Crippen LogP contribution in [0.2, 0.25) is 0 Å². The first-order valence-electron chi connectivity index (χ1n) is 14.7. The van der Waals surface area contributed by atoms with Crippen LogP contribution in [0.1, 0.15) is 118 Å². The van der Waals surface area contributed by atoms with E-state index < -0.39 is 0 Å². The Kier molecular flexibility index (Phi) is 8.37. The van der Waals surface area contributed by atoms with Crippen molar-refractivity contribution < 1.29 is 9.84 Å². The van der Waals surface area contributed by atoms with Crippen molar-refractivity contribution >= 4 is 0 Å². The van der Waals surface area contributed by atoms with Gasteiger partial charge in [-0.1, -0.05) is 65.5 Å². The Morgan fingerprint density at radius 3 is 2.55 bits per heavy atom. The zero-order valence-electron chi connectivity index (χ0n) is 22.6. The maximum atomic E-state index is 9.02. The highest BCUT2D eigenvalue weighted by molar-refractivity contribution is 5.25. The van der Waals surface area contributed by atoms with Gasteiger partial charge < -0.3 is 9.84 Å². The topological polar surface area (TPSA) is 29.5 Å². The fourth-order valence-electron chi connectivity index (χ4n) is 9.26. The molecule has 4 aliphatic rings. The third-order valence-electron chi connectivity index (χ3n) is 11.2. The van der Waals surface area contributed by atoms with E-state index in [1.54, 1.807) is 5.57 Å². The largest absolute Gasteiger partial charge is 0.396 e. The van der Waals surface area contributed by atoms with Crippen LogP contribution in [0.5, 0.6) is 0 Å². The van der Waals surface area contributed by atoms with E-state index in [1.807, 2.05) is 0 Å². The van der Waals surface area contributed by atoms with E-state index in [4.69, 9.17) is 9.84 Å². The van der Waals surface area contributed by atoms with Crippen molar-refractivity contribution in [1.29, 1.82) is 0 Å². The van der Waals surface area contributed by atoms with Crippen molar-refractivity contribution in [1.82, 2.24) is 0 Å². The van der Waals surface area contributed by atoms with E-state index in [-0.39, 0.29) is 6.61 Å².